The van der Waals surface area contributed by atoms with Crippen molar-refractivity contribution < 1.29 is 19.1 Å². The minimum Gasteiger partial charge on any atom is -0.493 e. The number of para-hydroxylation sites is 1. The molecule has 7 nitrogen and oxygen atoms in total. The standard InChI is InChI=1S/C26H21Cl2N3O4S/c1-15-7-9-17(27)13-20(15)30-26-31-25(33)23(36-26)12-16-8-10-21(22(11-16)34-2)35-14-24(32)29-19-6-4-3-5-18(19)28/h3-13H,14H2,1-2H3,(H,29,32)(H,30,31,33)/b23-12-. The van der Waals surface area contributed by atoms with Crippen LogP contribution < -0.4 is 20.1 Å². The van der Waals surface area contributed by atoms with Gasteiger partial charge in [-0.3, -0.25) is 9.59 Å². The van der Waals surface area contributed by atoms with Crippen LogP contribution in [-0.4, -0.2) is 30.7 Å². The number of nitrogens with one attached hydrogen (secondary N) is 2. The van der Waals surface area contributed by atoms with Crippen LogP contribution in [-0.2, 0) is 9.59 Å². The third kappa shape index (κ3) is 6.40. The third-order valence-electron chi connectivity index (χ3n) is 5.04. The zero-order valence-electron chi connectivity index (χ0n) is 19.3. The second kappa shape index (κ2) is 11.5. The van der Waals surface area contributed by atoms with Gasteiger partial charge in [0.25, 0.3) is 11.8 Å². The van der Waals surface area contributed by atoms with Crippen LogP contribution in [0.1, 0.15) is 11.1 Å². The molecule has 0 radical (unpaired) electrons. The highest BCUT2D eigenvalue weighted by atomic mass is 35.5. The zero-order valence-corrected chi connectivity index (χ0v) is 21.6. The van der Waals surface area contributed by atoms with Crippen molar-refractivity contribution in [1.82, 2.24) is 5.32 Å². The van der Waals surface area contributed by atoms with Gasteiger partial charge in [0, 0.05) is 5.02 Å². The molecule has 10 heteroatoms. The number of anilines is 1. The van der Waals surface area contributed by atoms with E-state index in [4.69, 9.17) is 32.7 Å². The fourth-order valence-corrected chi connectivity index (χ4v) is 4.41. The maximum atomic E-state index is 12.5. The van der Waals surface area contributed by atoms with Crippen molar-refractivity contribution in [1.29, 1.82) is 0 Å². The van der Waals surface area contributed by atoms with E-state index >= 15 is 0 Å². The molecular formula is C26H21Cl2N3O4S. The highest BCUT2D eigenvalue weighted by Crippen LogP contribution is 2.33. The van der Waals surface area contributed by atoms with E-state index in [-0.39, 0.29) is 18.4 Å². The van der Waals surface area contributed by atoms with E-state index in [2.05, 4.69) is 15.6 Å². The number of hydrogen-bond acceptors (Lipinski definition) is 6. The maximum absolute atomic E-state index is 12.5. The van der Waals surface area contributed by atoms with Crippen LogP contribution in [0.2, 0.25) is 10.0 Å². The lowest BCUT2D eigenvalue weighted by Crippen LogP contribution is -2.20. The van der Waals surface area contributed by atoms with Gasteiger partial charge in [-0.2, -0.15) is 0 Å². The summed E-state index contributed by atoms with van der Waals surface area (Å²) >= 11 is 13.4. The van der Waals surface area contributed by atoms with E-state index in [9.17, 15) is 9.59 Å². The molecule has 36 heavy (non-hydrogen) atoms. The number of rotatable bonds is 7. The molecule has 4 rings (SSSR count). The third-order valence-corrected chi connectivity index (χ3v) is 6.51. The smallest absolute Gasteiger partial charge is 0.264 e. The van der Waals surface area contributed by atoms with Gasteiger partial charge in [0.2, 0.25) is 0 Å². The molecular weight excluding hydrogens is 521 g/mol. The summed E-state index contributed by atoms with van der Waals surface area (Å²) in [5.74, 6) is 0.184. The molecule has 3 aromatic carbocycles. The van der Waals surface area contributed by atoms with E-state index in [0.29, 0.717) is 43.0 Å². The van der Waals surface area contributed by atoms with Crippen LogP contribution in [0.15, 0.2) is 70.6 Å². The Kier molecular flexibility index (Phi) is 8.20. The summed E-state index contributed by atoms with van der Waals surface area (Å²) in [5, 5.41) is 6.94. The molecule has 3 aromatic rings. The first-order valence-electron chi connectivity index (χ1n) is 10.7. The number of carbonyl (C=O) groups excluding carboxylic acids is 2. The van der Waals surface area contributed by atoms with Crippen molar-refractivity contribution in [2.75, 3.05) is 19.0 Å². The van der Waals surface area contributed by atoms with Gasteiger partial charge >= 0.3 is 0 Å². The second-order valence-electron chi connectivity index (χ2n) is 7.64. The average molecular weight is 542 g/mol. The van der Waals surface area contributed by atoms with Gasteiger partial charge in [0.15, 0.2) is 23.3 Å². The average Bonchev–Trinajstić information content (AvgIpc) is 3.20. The highest BCUT2D eigenvalue weighted by molar-refractivity contribution is 8.18. The van der Waals surface area contributed by atoms with Gasteiger partial charge < -0.3 is 20.1 Å². The Bertz CT molecular complexity index is 1390. The zero-order chi connectivity index (χ0) is 25.7. The molecule has 0 saturated carbocycles. The van der Waals surface area contributed by atoms with E-state index in [1.165, 1.54) is 18.9 Å². The number of benzene rings is 3. The Balaban J connectivity index is 1.44. The fraction of sp³-hybridized carbons (Fsp3) is 0.115. The predicted molar refractivity (Wildman–Crippen MR) is 146 cm³/mol. The Morgan fingerprint density at radius 1 is 1.11 bits per heavy atom. The molecule has 0 spiro atoms. The molecule has 2 N–H and O–H groups in total. The number of aliphatic imine (C=N–C) groups is 1. The van der Waals surface area contributed by atoms with Crippen LogP contribution in [0.3, 0.4) is 0 Å². The lowest BCUT2D eigenvalue weighted by atomic mass is 10.2. The number of amides is 2. The van der Waals surface area contributed by atoms with Crippen molar-refractivity contribution >= 4 is 69.4 Å². The Labute approximate surface area is 222 Å². The number of halogens is 2. The lowest BCUT2D eigenvalue weighted by Gasteiger charge is -2.12. The molecule has 184 valence electrons. The normalized spacial score (nSPS) is 15.2. The van der Waals surface area contributed by atoms with Crippen molar-refractivity contribution in [2.45, 2.75) is 6.92 Å². The molecule has 1 fully saturated rings. The Morgan fingerprint density at radius 2 is 1.92 bits per heavy atom. The summed E-state index contributed by atoms with van der Waals surface area (Å²) < 4.78 is 11.1. The van der Waals surface area contributed by atoms with Gasteiger partial charge in [-0.05, 0) is 72.3 Å². The molecule has 0 aromatic heterocycles. The van der Waals surface area contributed by atoms with Crippen LogP contribution in [0, 0.1) is 6.92 Å². The molecule has 0 unspecified atom stereocenters. The van der Waals surface area contributed by atoms with Gasteiger partial charge in [0.05, 0.1) is 28.4 Å². The molecule has 0 aliphatic carbocycles. The highest BCUT2D eigenvalue weighted by Gasteiger charge is 2.24. The van der Waals surface area contributed by atoms with Crippen molar-refractivity contribution in [3.8, 4) is 11.5 Å². The van der Waals surface area contributed by atoms with E-state index in [0.717, 1.165) is 11.1 Å². The molecule has 1 aliphatic rings. The quantitative estimate of drug-likeness (QED) is 0.346. The molecule has 1 heterocycles. The van der Waals surface area contributed by atoms with Gasteiger partial charge in [0.1, 0.15) is 0 Å². The minimum atomic E-state index is -0.364. The molecule has 0 bridgehead atoms. The summed E-state index contributed by atoms with van der Waals surface area (Å²) in [6.45, 7) is 1.69. The van der Waals surface area contributed by atoms with Gasteiger partial charge in [-0.15, -0.1) is 0 Å². The first-order valence-corrected chi connectivity index (χ1v) is 12.3. The van der Waals surface area contributed by atoms with E-state index in [1.54, 1.807) is 60.7 Å². The SMILES string of the molecule is COc1cc(/C=C2\SC(=Nc3cc(Cl)ccc3C)NC2=O)ccc1OCC(=O)Nc1ccccc1Cl. The molecule has 1 saturated heterocycles. The van der Waals surface area contributed by atoms with Crippen molar-refractivity contribution in [3.05, 3.63) is 86.7 Å². The fourth-order valence-electron chi connectivity index (χ4n) is 3.23. The van der Waals surface area contributed by atoms with Crippen molar-refractivity contribution in [2.24, 2.45) is 4.99 Å². The summed E-state index contributed by atoms with van der Waals surface area (Å²) in [6, 6.07) is 17.5. The van der Waals surface area contributed by atoms with E-state index in [1.807, 2.05) is 13.0 Å². The topological polar surface area (TPSA) is 89.0 Å². The summed E-state index contributed by atoms with van der Waals surface area (Å²) in [6.07, 6.45) is 1.73. The van der Waals surface area contributed by atoms with Crippen molar-refractivity contribution in [3.63, 3.8) is 0 Å². The maximum Gasteiger partial charge on any atom is 0.264 e. The predicted octanol–water partition coefficient (Wildman–Crippen LogP) is 6.22. The summed E-state index contributed by atoms with van der Waals surface area (Å²) in [5.41, 5.74) is 2.85. The number of methoxy groups -OCH3 is 1. The number of ether oxygens (including phenoxy) is 2. The second-order valence-corrected chi connectivity index (χ2v) is 9.51. The molecule has 1 aliphatic heterocycles. The first-order chi connectivity index (χ1) is 17.3. The number of aryl methyl sites for hydroxylation is 1. The van der Waals surface area contributed by atoms with Gasteiger partial charge in [-0.25, -0.2) is 4.99 Å². The van der Waals surface area contributed by atoms with E-state index < -0.39 is 0 Å². The lowest BCUT2D eigenvalue weighted by molar-refractivity contribution is -0.118. The number of hydrogen-bond donors (Lipinski definition) is 2. The minimum absolute atomic E-state index is 0.233. The van der Waals surface area contributed by atoms with Crippen LogP contribution >= 0.6 is 35.0 Å². The molecule has 0 atom stereocenters. The first kappa shape index (κ1) is 25.6. The summed E-state index contributed by atoms with van der Waals surface area (Å²) in [7, 11) is 1.50. The number of amidine groups is 1. The van der Waals surface area contributed by atoms with Crippen LogP contribution in [0.25, 0.3) is 6.08 Å². The molecule has 2 amide bonds. The number of nitrogens with zero attached hydrogens (tertiary/aromatic N) is 1. The Hall–Kier alpha value is -3.46. The van der Waals surface area contributed by atoms with Crippen LogP contribution in [0.4, 0.5) is 11.4 Å². The largest absolute Gasteiger partial charge is 0.493 e. The van der Waals surface area contributed by atoms with Crippen LogP contribution in [0.5, 0.6) is 11.5 Å². The summed E-state index contributed by atoms with van der Waals surface area (Å²) in [4.78, 5) is 29.7. The Morgan fingerprint density at radius 3 is 2.69 bits per heavy atom. The number of thioether (sulfide) groups is 1. The number of carbonyl (C=O) groups is 2. The van der Waals surface area contributed by atoms with Gasteiger partial charge in [-0.1, -0.05) is 47.5 Å². The monoisotopic (exact) mass is 541 g/mol.